The molecule has 0 saturated carbocycles. The third-order valence-electron chi connectivity index (χ3n) is 3.50. The van der Waals surface area contributed by atoms with Gasteiger partial charge in [0.15, 0.2) is 0 Å². The van der Waals surface area contributed by atoms with E-state index in [0.717, 1.165) is 19.4 Å². The minimum atomic E-state index is -0.142. The van der Waals surface area contributed by atoms with Crippen LogP contribution in [0.3, 0.4) is 0 Å². The van der Waals surface area contributed by atoms with Crippen LogP contribution in [0.4, 0.5) is 5.69 Å². The summed E-state index contributed by atoms with van der Waals surface area (Å²) in [7, 11) is 0. The van der Waals surface area contributed by atoms with E-state index >= 15 is 0 Å². The van der Waals surface area contributed by atoms with Crippen LogP contribution in [0.5, 0.6) is 0 Å². The van der Waals surface area contributed by atoms with Crippen molar-refractivity contribution in [2.75, 3.05) is 11.4 Å². The Morgan fingerprint density at radius 2 is 1.88 bits per heavy atom. The first-order valence-electron chi connectivity index (χ1n) is 6.01. The van der Waals surface area contributed by atoms with Gasteiger partial charge in [-0.1, -0.05) is 17.7 Å². The van der Waals surface area contributed by atoms with Gasteiger partial charge in [-0.05, 0) is 45.7 Å². The molecule has 0 aliphatic carbocycles. The fraction of sp³-hybridized carbons (Fsp3) is 0.571. The van der Waals surface area contributed by atoms with E-state index in [1.54, 1.807) is 0 Å². The highest BCUT2D eigenvalue weighted by atomic mass is 16.3. The van der Waals surface area contributed by atoms with Gasteiger partial charge in [-0.2, -0.15) is 0 Å². The van der Waals surface area contributed by atoms with Crippen LogP contribution in [0.1, 0.15) is 32.3 Å². The zero-order valence-electron chi connectivity index (χ0n) is 10.4. The normalized spacial score (nSPS) is 24.5. The van der Waals surface area contributed by atoms with Crippen LogP contribution in [0.15, 0.2) is 24.3 Å². The lowest BCUT2D eigenvalue weighted by atomic mass is 9.88. The Hall–Kier alpha value is -1.02. The van der Waals surface area contributed by atoms with Crippen molar-refractivity contribution in [1.29, 1.82) is 0 Å². The van der Waals surface area contributed by atoms with Gasteiger partial charge in [-0.25, -0.2) is 0 Å². The Labute approximate surface area is 97.9 Å². The van der Waals surface area contributed by atoms with E-state index in [1.165, 1.54) is 11.3 Å². The van der Waals surface area contributed by atoms with Crippen molar-refractivity contribution in [2.24, 2.45) is 0 Å². The maximum atomic E-state index is 9.73. The second-order valence-electron chi connectivity index (χ2n) is 5.45. The third-order valence-corrected chi connectivity index (χ3v) is 3.50. The number of hydrogen-bond donors (Lipinski definition) is 1. The van der Waals surface area contributed by atoms with Gasteiger partial charge in [0.2, 0.25) is 0 Å². The number of piperidine rings is 1. The summed E-state index contributed by atoms with van der Waals surface area (Å²) in [6.07, 6.45) is 1.58. The van der Waals surface area contributed by atoms with Crippen LogP contribution in [-0.2, 0) is 0 Å². The molecule has 1 heterocycles. The van der Waals surface area contributed by atoms with Gasteiger partial charge < -0.3 is 10.0 Å². The molecule has 1 saturated heterocycles. The topological polar surface area (TPSA) is 23.5 Å². The third kappa shape index (κ3) is 2.22. The number of benzene rings is 1. The van der Waals surface area contributed by atoms with E-state index < -0.39 is 0 Å². The van der Waals surface area contributed by atoms with E-state index in [9.17, 15) is 5.11 Å². The molecule has 2 heteroatoms. The van der Waals surface area contributed by atoms with Crippen molar-refractivity contribution in [3.8, 4) is 0 Å². The Morgan fingerprint density at radius 3 is 2.44 bits per heavy atom. The van der Waals surface area contributed by atoms with Crippen molar-refractivity contribution in [3.63, 3.8) is 0 Å². The standard InChI is InChI=1S/C14H21NO/c1-11-4-6-12(7-5-11)15-9-8-13(16)10-14(15,2)3/h4-7,13,16H,8-10H2,1-3H3. The Morgan fingerprint density at radius 1 is 1.25 bits per heavy atom. The molecule has 1 aliphatic rings. The maximum Gasteiger partial charge on any atom is 0.0579 e. The molecule has 1 atom stereocenters. The highest BCUT2D eigenvalue weighted by molar-refractivity contribution is 5.50. The monoisotopic (exact) mass is 219 g/mol. The number of aliphatic hydroxyl groups excluding tert-OH is 1. The van der Waals surface area contributed by atoms with Crippen molar-refractivity contribution < 1.29 is 5.11 Å². The zero-order valence-corrected chi connectivity index (χ0v) is 10.4. The lowest BCUT2D eigenvalue weighted by Gasteiger charge is -2.46. The zero-order chi connectivity index (χ0) is 11.8. The number of rotatable bonds is 1. The van der Waals surface area contributed by atoms with E-state index in [-0.39, 0.29) is 11.6 Å². The summed E-state index contributed by atoms with van der Waals surface area (Å²) in [6, 6.07) is 8.65. The molecule has 1 aromatic carbocycles. The molecule has 2 rings (SSSR count). The van der Waals surface area contributed by atoms with E-state index in [0.29, 0.717) is 0 Å². The van der Waals surface area contributed by atoms with Gasteiger partial charge in [-0.3, -0.25) is 0 Å². The molecule has 2 nitrogen and oxygen atoms in total. The molecule has 0 aromatic heterocycles. The summed E-state index contributed by atoms with van der Waals surface area (Å²) in [4.78, 5) is 2.40. The SMILES string of the molecule is Cc1ccc(N2CCC(O)CC2(C)C)cc1. The van der Waals surface area contributed by atoms with E-state index in [4.69, 9.17) is 0 Å². The second-order valence-corrected chi connectivity index (χ2v) is 5.45. The molecule has 1 aliphatic heterocycles. The van der Waals surface area contributed by atoms with Crippen molar-refractivity contribution in [1.82, 2.24) is 0 Å². The number of nitrogens with zero attached hydrogens (tertiary/aromatic N) is 1. The number of hydrogen-bond acceptors (Lipinski definition) is 2. The molecular weight excluding hydrogens is 198 g/mol. The summed E-state index contributed by atoms with van der Waals surface area (Å²) in [5, 5.41) is 9.73. The van der Waals surface area contributed by atoms with Crippen molar-refractivity contribution in [3.05, 3.63) is 29.8 Å². The number of aliphatic hydroxyl groups is 1. The fourth-order valence-corrected chi connectivity index (χ4v) is 2.57. The van der Waals surface area contributed by atoms with Crippen LogP contribution in [0, 0.1) is 6.92 Å². The first kappa shape index (κ1) is 11.5. The lowest BCUT2D eigenvalue weighted by molar-refractivity contribution is 0.107. The molecule has 1 aromatic rings. The summed E-state index contributed by atoms with van der Waals surface area (Å²) in [5.74, 6) is 0. The van der Waals surface area contributed by atoms with Crippen LogP contribution in [-0.4, -0.2) is 23.3 Å². The molecule has 1 N–H and O–H groups in total. The van der Waals surface area contributed by atoms with Crippen LogP contribution in [0.25, 0.3) is 0 Å². The summed E-state index contributed by atoms with van der Waals surface area (Å²) < 4.78 is 0. The molecule has 0 amide bonds. The van der Waals surface area contributed by atoms with Crippen LogP contribution in [0.2, 0.25) is 0 Å². The van der Waals surface area contributed by atoms with Gasteiger partial charge in [-0.15, -0.1) is 0 Å². The summed E-state index contributed by atoms with van der Waals surface area (Å²) >= 11 is 0. The minimum absolute atomic E-state index is 0.0485. The highest BCUT2D eigenvalue weighted by Crippen LogP contribution is 2.32. The smallest absolute Gasteiger partial charge is 0.0579 e. The molecule has 0 radical (unpaired) electrons. The van der Waals surface area contributed by atoms with Crippen LogP contribution >= 0.6 is 0 Å². The number of aryl methyl sites for hydroxylation is 1. The van der Waals surface area contributed by atoms with Crippen LogP contribution < -0.4 is 4.90 Å². The Balaban J connectivity index is 2.23. The molecule has 1 fully saturated rings. The summed E-state index contributed by atoms with van der Waals surface area (Å²) in [6.45, 7) is 7.45. The quantitative estimate of drug-likeness (QED) is 0.785. The Bertz CT molecular complexity index is 356. The number of anilines is 1. The van der Waals surface area contributed by atoms with E-state index in [2.05, 4.69) is 49.9 Å². The summed E-state index contributed by atoms with van der Waals surface area (Å²) in [5.41, 5.74) is 2.61. The fourth-order valence-electron chi connectivity index (χ4n) is 2.57. The molecule has 16 heavy (non-hydrogen) atoms. The average molecular weight is 219 g/mol. The lowest BCUT2D eigenvalue weighted by Crippen LogP contribution is -2.51. The van der Waals surface area contributed by atoms with Gasteiger partial charge in [0, 0.05) is 17.8 Å². The average Bonchev–Trinajstić information content (AvgIpc) is 2.18. The van der Waals surface area contributed by atoms with Gasteiger partial charge in [0.05, 0.1) is 6.10 Å². The molecule has 0 spiro atoms. The highest BCUT2D eigenvalue weighted by Gasteiger charge is 2.33. The van der Waals surface area contributed by atoms with Crippen molar-refractivity contribution in [2.45, 2.75) is 45.3 Å². The van der Waals surface area contributed by atoms with Gasteiger partial charge in [0.25, 0.3) is 0 Å². The minimum Gasteiger partial charge on any atom is -0.393 e. The molecule has 1 unspecified atom stereocenters. The molecular formula is C14H21NO. The van der Waals surface area contributed by atoms with Gasteiger partial charge >= 0.3 is 0 Å². The predicted octanol–water partition coefficient (Wildman–Crippen LogP) is 2.73. The second kappa shape index (κ2) is 4.10. The van der Waals surface area contributed by atoms with Crippen molar-refractivity contribution >= 4 is 5.69 Å². The van der Waals surface area contributed by atoms with Gasteiger partial charge in [0.1, 0.15) is 0 Å². The molecule has 88 valence electrons. The maximum absolute atomic E-state index is 9.73. The largest absolute Gasteiger partial charge is 0.393 e. The predicted molar refractivity (Wildman–Crippen MR) is 67.8 cm³/mol. The first-order valence-corrected chi connectivity index (χ1v) is 6.01. The molecule has 0 bridgehead atoms. The Kier molecular flexibility index (Phi) is 2.94. The first-order chi connectivity index (χ1) is 7.49. The van der Waals surface area contributed by atoms with E-state index in [1.807, 2.05) is 0 Å².